The van der Waals surface area contributed by atoms with Crippen molar-refractivity contribution in [3.8, 4) is 0 Å². The number of hydrogen-bond donors (Lipinski definition) is 2. The molecule has 116 valence electrons. The summed E-state index contributed by atoms with van der Waals surface area (Å²) >= 11 is 0. The van der Waals surface area contributed by atoms with E-state index in [9.17, 15) is 9.59 Å². The molecular formula is C15H18N4O3. The summed E-state index contributed by atoms with van der Waals surface area (Å²) in [5.74, 6) is -1.16. The smallest absolute Gasteiger partial charge is 0.358 e. The molecule has 7 heteroatoms. The van der Waals surface area contributed by atoms with Gasteiger partial charge in [0.05, 0.1) is 5.69 Å². The molecule has 0 saturated heterocycles. The van der Waals surface area contributed by atoms with Crippen molar-refractivity contribution >= 4 is 17.6 Å². The van der Waals surface area contributed by atoms with Crippen LogP contribution in [0, 0.1) is 6.92 Å². The minimum atomic E-state index is -1.16. The maximum atomic E-state index is 12.1. The Labute approximate surface area is 128 Å². The Morgan fingerprint density at radius 2 is 2.00 bits per heavy atom. The summed E-state index contributed by atoms with van der Waals surface area (Å²) in [6.07, 6.45) is 0. The minimum Gasteiger partial charge on any atom is -0.476 e. The highest BCUT2D eigenvalue weighted by atomic mass is 16.4. The standard InChI is InChI=1S/C15H18N4O3/c1-9(2)11-6-4-5-7-12(11)16-13(20)8-19-10(3)14(15(21)22)17-18-19/h4-7,9H,8H2,1-3H3,(H,16,20)(H,21,22). The number of carboxylic acid groups (broad SMARTS) is 1. The summed E-state index contributed by atoms with van der Waals surface area (Å²) in [6, 6.07) is 7.57. The quantitative estimate of drug-likeness (QED) is 0.881. The summed E-state index contributed by atoms with van der Waals surface area (Å²) in [4.78, 5) is 23.1. The number of hydrogen-bond acceptors (Lipinski definition) is 4. The number of nitrogens with zero attached hydrogens (tertiary/aromatic N) is 3. The Balaban J connectivity index is 2.13. The van der Waals surface area contributed by atoms with Gasteiger partial charge in [0.1, 0.15) is 6.54 Å². The van der Waals surface area contributed by atoms with E-state index in [1.54, 1.807) is 6.92 Å². The second kappa shape index (κ2) is 6.38. The molecule has 7 nitrogen and oxygen atoms in total. The fourth-order valence-corrected chi connectivity index (χ4v) is 2.15. The van der Waals surface area contributed by atoms with E-state index in [0.29, 0.717) is 5.69 Å². The zero-order valence-electron chi connectivity index (χ0n) is 12.7. The molecule has 0 aliphatic heterocycles. The second-order valence-electron chi connectivity index (χ2n) is 5.28. The first kappa shape index (κ1) is 15.7. The minimum absolute atomic E-state index is 0.0848. The van der Waals surface area contributed by atoms with E-state index in [2.05, 4.69) is 15.6 Å². The first-order chi connectivity index (χ1) is 10.4. The molecule has 0 atom stereocenters. The highest BCUT2D eigenvalue weighted by Gasteiger charge is 2.17. The Bertz CT molecular complexity index is 707. The maximum Gasteiger partial charge on any atom is 0.358 e. The van der Waals surface area contributed by atoms with Gasteiger partial charge < -0.3 is 10.4 Å². The molecule has 0 unspecified atom stereocenters. The first-order valence-corrected chi connectivity index (χ1v) is 6.92. The van der Waals surface area contributed by atoms with E-state index in [4.69, 9.17) is 5.11 Å². The third-order valence-corrected chi connectivity index (χ3v) is 3.34. The van der Waals surface area contributed by atoms with Crippen LogP contribution < -0.4 is 5.32 Å². The Hall–Kier alpha value is -2.70. The van der Waals surface area contributed by atoms with Crippen LogP contribution in [-0.2, 0) is 11.3 Å². The van der Waals surface area contributed by atoms with Gasteiger partial charge >= 0.3 is 5.97 Å². The fourth-order valence-electron chi connectivity index (χ4n) is 2.15. The molecule has 0 fully saturated rings. The molecule has 22 heavy (non-hydrogen) atoms. The number of benzene rings is 1. The van der Waals surface area contributed by atoms with Crippen LogP contribution in [0.15, 0.2) is 24.3 Å². The number of rotatable bonds is 5. The third kappa shape index (κ3) is 3.30. The highest BCUT2D eigenvalue weighted by molar-refractivity contribution is 5.91. The van der Waals surface area contributed by atoms with E-state index in [1.165, 1.54) is 4.68 Å². The average molecular weight is 302 g/mol. The van der Waals surface area contributed by atoms with Gasteiger partial charge in [-0.2, -0.15) is 0 Å². The largest absolute Gasteiger partial charge is 0.476 e. The van der Waals surface area contributed by atoms with Crippen LogP contribution in [0.3, 0.4) is 0 Å². The number of nitrogens with one attached hydrogen (secondary N) is 1. The molecule has 1 aromatic heterocycles. The zero-order chi connectivity index (χ0) is 16.3. The van der Waals surface area contributed by atoms with Crippen LogP contribution in [0.4, 0.5) is 5.69 Å². The van der Waals surface area contributed by atoms with Gasteiger partial charge in [-0.25, -0.2) is 9.48 Å². The third-order valence-electron chi connectivity index (χ3n) is 3.34. The van der Waals surface area contributed by atoms with Gasteiger partial charge in [0.2, 0.25) is 5.91 Å². The summed E-state index contributed by atoms with van der Waals surface area (Å²) in [7, 11) is 0. The van der Waals surface area contributed by atoms with E-state index in [0.717, 1.165) is 11.3 Å². The molecule has 0 saturated carbocycles. The molecule has 1 aromatic carbocycles. The average Bonchev–Trinajstić information content (AvgIpc) is 2.80. The van der Waals surface area contributed by atoms with Crippen molar-refractivity contribution < 1.29 is 14.7 Å². The van der Waals surface area contributed by atoms with E-state index in [1.807, 2.05) is 38.1 Å². The highest BCUT2D eigenvalue weighted by Crippen LogP contribution is 2.23. The molecule has 1 heterocycles. The van der Waals surface area contributed by atoms with Crippen LogP contribution in [-0.4, -0.2) is 32.0 Å². The van der Waals surface area contributed by atoms with Gasteiger partial charge in [-0.15, -0.1) is 5.10 Å². The lowest BCUT2D eigenvalue weighted by molar-refractivity contribution is -0.117. The molecule has 0 spiro atoms. The van der Waals surface area contributed by atoms with Crippen LogP contribution in [0.5, 0.6) is 0 Å². The van der Waals surface area contributed by atoms with Gasteiger partial charge in [0.25, 0.3) is 0 Å². The van der Waals surface area contributed by atoms with Crippen LogP contribution in [0.2, 0.25) is 0 Å². The summed E-state index contributed by atoms with van der Waals surface area (Å²) < 4.78 is 1.27. The van der Waals surface area contributed by atoms with Gasteiger partial charge in [0.15, 0.2) is 5.69 Å². The van der Waals surface area contributed by atoms with E-state index in [-0.39, 0.29) is 24.1 Å². The molecule has 0 aliphatic rings. The number of anilines is 1. The number of carboxylic acids is 1. The van der Waals surface area contributed by atoms with Crippen molar-refractivity contribution in [2.24, 2.45) is 0 Å². The predicted octanol–water partition coefficient (Wildman–Crippen LogP) is 2.05. The lowest BCUT2D eigenvalue weighted by Crippen LogP contribution is -2.21. The normalized spacial score (nSPS) is 10.7. The number of carbonyl (C=O) groups is 2. The summed E-state index contributed by atoms with van der Waals surface area (Å²) in [5.41, 5.74) is 1.99. The lowest BCUT2D eigenvalue weighted by Gasteiger charge is -2.13. The SMILES string of the molecule is Cc1c(C(=O)O)nnn1CC(=O)Nc1ccccc1C(C)C. The van der Waals surface area contributed by atoms with Crippen molar-refractivity contribution in [3.63, 3.8) is 0 Å². The van der Waals surface area contributed by atoms with Crippen molar-refractivity contribution in [1.29, 1.82) is 0 Å². The van der Waals surface area contributed by atoms with Crippen molar-refractivity contribution in [3.05, 3.63) is 41.2 Å². The van der Waals surface area contributed by atoms with Gasteiger partial charge in [-0.05, 0) is 24.5 Å². The zero-order valence-corrected chi connectivity index (χ0v) is 12.7. The number of carbonyl (C=O) groups excluding carboxylic acids is 1. The van der Waals surface area contributed by atoms with Crippen molar-refractivity contribution in [2.75, 3.05) is 5.32 Å². The lowest BCUT2D eigenvalue weighted by atomic mass is 10.0. The van der Waals surface area contributed by atoms with Crippen LogP contribution >= 0.6 is 0 Å². The molecule has 0 bridgehead atoms. The van der Waals surface area contributed by atoms with Crippen LogP contribution in [0.25, 0.3) is 0 Å². The van der Waals surface area contributed by atoms with Crippen LogP contribution in [0.1, 0.15) is 41.5 Å². The summed E-state index contributed by atoms with van der Waals surface area (Å²) in [6.45, 7) is 5.58. The van der Waals surface area contributed by atoms with Crippen molar-refractivity contribution in [2.45, 2.75) is 33.2 Å². The monoisotopic (exact) mass is 302 g/mol. The maximum absolute atomic E-state index is 12.1. The molecule has 1 amide bonds. The molecular weight excluding hydrogens is 284 g/mol. The summed E-state index contributed by atoms with van der Waals surface area (Å²) in [5, 5.41) is 19.0. The topological polar surface area (TPSA) is 97.1 Å². The number of aromatic carboxylic acids is 1. The van der Waals surface area contributed by atoms with E-state index < -0.39 is 5.97 Å². The van der Waals surface area contributed by atoms with Gasteiger partial charge in [0, 0.05) is 5.69 Å². The Morgan fingerprint density at radius 3 is 2.59 bits per heavy atom. The molecule has 0 aliphatic carbocycles. The number of amides is 1. The van der Waals surface area contributed by atoms with E-state index >= 15 is 0 Å². The molecule has 0 radical (unpaired) electrons. The second-order valence-corrected chi connectivity index (χ2v) is 5.28. The van der Waals surface area contributed by atoms with Gasteiger partial charge in [-0.1, -0.05) is 37.3 Å². The number of para-hydroxylation sites is 1. The molecule has 2 N–H and O–H groups in total. The fraction of sp³-hybridized carbons (Fsp3) is 0.333. The Morgan fingerprint density at radius 1 is 1.32 bits per heavy atom. The van der Waals surface area contributed by atoms with Crippen molar-refractivity contribution in [1.82, 2.24) is 15.0 Å². The Kier molecular flexibility index (Phi) is 4.55. The first-order valence-electron chi connectivity index (χ1n) is 6.92. The number of aromatic nitrogens is 3. The van der Waals surface area contributed by atoms with Gasteiger partial charge in [-0.3, -0.25) is 4.79 Å². The molecule has 2 rings (SSSR count). The predicted molar refractivity (Wildman–Crippen MR) is 80.9 cm³/mol. The molecule has 2 aromatic rings.